The van der Waals surface area contributed by atoms with Crippen molar-refractivity contribution >= 4 is 31.9 Å². The van der Waals surface area contributed by atoms with Crippen LogP contribution in [0.15, 0.2) is 20.0 Å². The third-order valence-corrected chi connectivity index (χ3v) is 4.20. The maximum atomic E-state index is 11.7. The van der Waals surface area contributed by atoms with Gasteiger partial charge >= 0.3 is 0 Å². The molecule has 108 valence electrons. The Morgan fingerprint density at radius 1 is 1.53 bits per heavy atom. The molecule has 0 unspecified atom stereocenters. The van der Waals surface area contributed by atoms with E-state index >= 15 is 0 Å². The van der Waals surface area contributed by atoms with Gasteiger partial charge in [-0.25, -0.2) is 13.6 Å². The molecule has 0 aliphatic rings. The Morgan fingerprint density at radius 3 is 2.63 bits per heavy atom. The second kappa shape index (κ2) is 6.53. The summed E-state index contributed by atoms with van der Waals surface area (Å²) in [4.78, 5) is 11.5. The van der Waals surface area contributed by atoms with E-state index in [2.05, 4.69) is 35.1 Å². The van der Waals surface area contributed by atoms with Crippen molar-refractivity contribution in [3.05, 3.63) is 16.5 Å². The van der Waals surface area contributed by atoms with Crippen LogP contribution in [0.5, 0.6) is 0 Å². The Morgan fingerprint density at radius 2 is 2.16 bits per heavy atom. The van der Waals surface area contributed by atoms with Crippen LogP contribution in [0.2, 0.25) is 0 Å². The van der Waals surface area contributed by atoms with E-state index in [1.54, 1.807) is 0 Å². The quantitative estimate of drug-likeness (QED) is 0.762. The van der Waals surface area contributed by atoms with Crippen molar-refractivity contribution in [1.82, 2.24) is 5.32 Å². The molecular formula is C11H17BrN2O4S. The highest BCUT2D eigenvalue weighted by Crippen LogP contribution is 2.24. The zero-order chi connectivity index (χ0) is 14.6. The largest absolute Gasteiger partial charge is 0.443 e. The summed E-state index contributed by atoms with van der Waals surface area (Å²) in [5, 5.41) is 7.63. The molecule has 0 saturated heterocycles. The first-order valence-corrected chi connectivity index (χ1v) is 8.16. The first kappa shape index (κ1) is 16.2. The lowest BCUT2D eigenvalue weighted by atomic mass is 10.1. The van der Waals surface area contributed by atoms with E-state index < -0.39 is 15.9 Å². The molecule has 1 aromatic heterocycles. The molecule has 0 aromatic carbocycles. The highest BCUT2D eigenvalue weighted by Gasteiger charge is 2.21. The predicted octanol–water partition coefficient (Wildman–Crippen LogP) is 1.86. The number of carbonyl (C=O) groups is 1. The Balaban J connectivity index is 2.64. The van der Waals surface area contributed by atoms with E-state index in [1.807, 2.05) is 0 Å². The lowest BCUT2D eigenvalue weighted by molar-refractivity contribution is 0.0923. The van der Waals surface area contributed by atoms with Gasteiger partial charge in [-0.05, 0) is 34.7 Å². The van der Waals surface area contributed by atoms with Crippen LogP contribution in [0.4, 0.5) is 0 Å². The van der Waals surface area contributed by atoms with Crippen molar-refractivity contribution in [2.75, 3.05) is 6.54 Å². The minimum atomic E-state index is -3.90. The summed E-state index contributed by atoms with van der Waals surface area (Å²) < 4.78 is 27.3. The summed E-state index contributed by atoms with van der Waals surface area (Å²) in [6.45, 7) is 4.72. The molecule has 0 aliphatic heterocycles. The van der Waals surface area contributed by atoms with Crippen molar-refractivity contribution < 1.29 is 17.6 Å². The molecule has 0 saturated carbocycles. The lowest BCUT2D eigenvalue weighted by Gasteiger charge is -2.05. The zero-order valence-corrected chi connectivity index (χ0v) is 13.2. The Kier molecular flexibility index (Phi) is 5.57. The second-order valence-electron chi connectivity index (χ2n) is 4.59. The van der Waals surface area contributed by atoms with Crippen LogP contribution in [-0.4, -0.2) is 20.9 Å². The predicted molar refractivity (Wildman–Crippen MR) is 74.2 cm³/mol. The smallest absolute Gasteiger partial charge is 0.287 e. The van der Waals surface area contributed by atoms with E-state index in [-0.39, 0.29) is 15.3 Å². The average molecular weight is 353 g/mol. The number of rotatable bonds is 6. The van der Waals surface area contributed by atoms with Gasteiger partial charge in [0.05, 0.1) is 0 Å². The molecule has 0 spiro atoms. The van der Waals surface area contributed by atoms with Crippen LogP contribution in [0.25, 0.3) is 0 Å². The highest BCUT2D eigenvalue weighted by molar-refractivity contribution is 9.10. The van der Waals surface area contributed by atoms with Gasteiger partial charge in [0.1, 0.15) is 4.90 Å². The molecule has 0 atom stereocenters. The third kappa shape index (κ3) is 4.96. The minimum Gasteiger partial charge on any atom is -0.443 e. The van der Waals surface area contributed by atoms with E-state index in [0.717, 1.165) is 18.9 Å². The van der Waals surface area contributed by atoms with Crippen LogP contribution in [0, 0.1) is 5.92 Å². The van der Waals surface area contributed by atoms with Crippen LogP contribution in [-0.2, 0) is 10.0 Å². The van der Waals surface area contributed by atoms with Gasteiger partial charge in [0.25, 0.3) is 5.91 Å². The molecule has 1 aromatic rings. The third-order valence-electron chi connectivity index (χ3n) is 2.43. The van der Waals surface area contributed by atoms with Crippen LogP contribution >= 0.6 is 15.9 Å². The van der Waals surface area contributed by atoms with Gasteiger partial charge in [0.2, 0.25) is 10.0 Å². The topological polar surface area (TPSA) is 102 Å². The number of amides is 1. The molecule has 0 radical (unpaired) electrons. The molecule has 1 rings (SSSR count). The number of halogens is 1. The van der Waals surface area contributed by atoms with E-state index in [4.69, 9.17) is 9.56 Å². The molecule has 0 aliphatic carbocycles. The van der Waals surface area contributed by atoms with Crippen molar-refractivity contribution in [1.29, 1.82) is 0 Å². The number of primary sulfonamides is 1. The number of sulfonamides is 1. The van der Waals surface area contributed by atoms with Gasteiger partial charge < -0.3 is 9.73 Å². The fraction of sp³-hybridized carbons (Fsp3) is 0.545. The highest BCUT2D eigenvalue weighted by atomic mass is 79.9. The molecule has 3 N–H and O–H groups in total. The van der Waals surface area contributed by atoms with Gasteiger partial charge in [-0.3, -0.25) is 4.79 Å². The fourth-order valence-electron chi connectivity index (χ4n) is 1.46. The summed E-state index contributed by atoms with van der Waals surface area (Å²) in [6, 6.07) is 1.11. The van der Waals surface area contributed by atoms with Crippen molar-refractivity contribution in [2.45, 2.75) is 31.6 Å². The number of nitrogens with one attached hydrogen (secondary N) is 1. The molecule has 6 nitrogen and oxygen atoms in total. The Labute approximate surface area is 120 Å². The van der Waals surface area contributed by atoms with Gasteiger partial charge in [0, 0.05) is 12.6 Å². The maximum absolute atomic E-state index is 11.7. The first-order valence-electron chi connectivity index (χ1n) is 5.82. The Hall–Kier alpha value is -0.860. The molecule has 1 amide bonds. The van der Waals surface area contributed by atoms with E-state index in [1.165, 1.54) is 0 Å². The summed E-state index contributed by atoms with van der Waals surface area (Å²) >= 11 is 2.92. The summed E-state index contributed by atoms with van der Waals surface area (Å²) in [5.41, 5.74) is 0. The van der Waals surface area contributed by atoms with E-state index in [0.29, 0.717) is 12.5 Å². The van der Waals surface area contributed by atoms with Crippen molar-refractivity contribution in [3.8, 4) is 0 Å². The van der Waals surface area contributed by atoms with Gasteiger partial charge in [-0.1, -0.05) is 13.8 Å². The zero-order valence-electron chi connectivity index (χ0n) is 10.8. The normalized spacial score (nSPS) is 11.8. The monoisotopic (exact) mass is 352 g/mol. The SMILES string of the molecule is CC(C)CCCNC(=O)c1cc(S(N)(=O)=O)c(Br)o1. The number of hydrogen-bond acceptors (Lipinski definition) is 4. The molecule has 0 fully saturated rings. The van der Waals surface area contributed by atoms with E-state index in [9.17, 15) is 13.2 Å². The molecular weight excluding hydrogens is 336 g/mol. The van der Waals surface area contributed by atoms with Gasteiger partial charge in [0.15, 0.2) is 10.4 Å². The number of hydrogen-bond donors (Lipinski definition) is 2. The molecule has 19 heavy (non-hydrogen) atoms. The van der Waals surface area contributed by atoms with Crippen LogP contribution in [0.1, 0.15) is 37.2 Å². The maximum Gasteiger partial charge on any atom is 0.287 e. The van der Waals surface area contributed by atoms with Crippen molar-refractivity contribution in [2.24, 2.45) is 11.1 Å². The van der Waals surface area contributed by atoms with Gasteiger partial charge in [-0.15, -0.1) is 0 Å². The van der Waals surface area contributed by atoms with Crippen LogP contribution in [0.3, 0.4) is 0 Å². The summed E-state index contributed by atoms with van der Waals surface area (Å²) in [6.07, 6.45) is 1.86. The van der Waals surface area contributed by atoms with Gasteiger partial charge in [-0.2, -0.15) is 0 Å². The first-order chi connectivity index (χ1) is 8.71. The molecule has 8 heteroatoms. The van der Waals surface area contributed by atoms with Crippen LogP contribution < -0.4 is 10.5 Å². The summed E-state index contributed by atoms with van der Waals surface area (Å²) in [5.74, 6) is 0.0310. The lowest BCUT2D eigenvalue weighted by Crippen LogP contribution is -2.24. The molecule has 0 bridgehead atoms. The molecule has 1 heterocycles. The standard InChI is InChI=1S/C11H17BrN2O4S/c1-7(2)4-3-5-14-11(15)8-6-9(10(12)18-8)19(13,16)17/h6-7H,3-5H2,1-2H3,(H,14,15)(H2,13,16,17). The van der Waals surface area contributed by atoms with Crippen molar-refractivity contribution in [3.63, 3.8) is 0 Å². The fourth-order valence-corrected chi connectivity index (χ4v) is 2.96. The second-order valence-corrected chi connectivity index (χ2v) is 6.84. The summed E-state index contributed by atoms with van der Waals surface area (Å²) in [7, 11) is -3.90. The number of furan rings is 1. The minimum absolute atomic E-state index is 0.0673. The number of carbonyl (C=O) groups excluding carboxylic acids is 1. The average Bonchev–Trinajstić information content (AvgIpc) is 2.66. The number of nitrogens with two attached hydrogens (primary N) is 1. The Bertz CT molecular complexity index is 551.